The van der Waals surface area contributed by atoms with Gasteiger partial charge in [0.25, 0.3) is 0 Å². The third kappa shape index (κ3) is 2.61. The van der Waals surface area contributed by atoms with Gasteiger partial charge in [-0.25, -0.2) is 9.18 Å². The van der Waals surface area contributed by atoms with Crippen LogP contribution >= 0.6 is 0 Å². The van der Waals surface area contributed by atoms with E-state index >= 15 is 0 Å². The van der Waals surface area contributed by atoms with E-state index in [4.69, 9.17) is 0 Å². The highest BCUT2D eigenvalue weighted by molar-refractivity contribution is 5.87. The molecule has 0 bridgehead atoms. The van der Waals surface area contributed by atoms with Crippen molar-refractivity contribution in [1.82, 2.24) is 5.32 Å². The lowest BCUT2D eigenvalue weighted by atomic mass is 9.87. The lowest BCUT2D eigenvalue weighted by Crippen LogP contribution is -2.50. The molecule has 0 spiro atoms. The summed E-state index contributed by atoms with van der Waals surface area (Å²) < 4.78 is 13.1. The number of hydrogen-bond donors (Lipinski definition) is 2. The van der Waals surface area contributed by atoms with Gasteiger partial charge in [-0.15, -0.1) is 0 Å². The van der Waals surface area contributed by atoms with Gasteiger partial charge in [-0.2, -0.15) is 0 Å². The molecule has 0 fully saturated rings. The quantitative estimate of drug-likeness (QED) is 0.839. The first-order valence-electron chi connectivity index (χ1n) is 5.20. The molecule has 4 nitrogen and oxygen atoms in total. The van der Waals surface area contributed by atoms with Crippen LogP contribution in [0.15, 0.2) is 24.3 Å². The summed E-state index contributed by atoms with van der Waals surface area (Å²) in [5, 5.41) is 11.7. The maximum absolute atomic E-state index is 13.1. The summed E-state index contributed by atoms with van der Waals surface area (Å²) in [6, 6.07) is 5.24. The summed E-state index contributed by atoms with van der Waals surface area (Å²) in [7, 11) is 0. The van der Waals surface area contributed by atoms with Crippen LogP contribution in [0.3, 0.4) is 0 Å². The molecule has 1 aromatic rings. The standard InChI is InChI=1S/C12H14FNO3/c1-3-12(11(16)17,14-8(2)15)9-5-4-6-10(13)7-9/h4-7H,3H2,1-2H3,(H,14,15)(H,16,17). The van der Waals surface area contributed by atoms with E-state index in [1.165, 1.54) is 25.1 Å². The fraction of sp³-hybridized carbons (Fsp3) is 0.333. The third-order valence-electron chi connectivity index (χ3n) is 2.60. The van der Waals surface area contributed by atoms with E-state index in [0.29, 0.717) is 0 Å². The fourth-order valence-electron chi connectivity index (χ4n) is 1.75. The van der Waals surface area contributed by atoms with Crippen molar-refractivity contribution >= 4 is 11.9 Å². The summed E-state index contributed by atoms with van der Waals surface area (Å²) in [6.45, 7) is 2.85. The van der Waals surface area contributed by atoms with Crippen LogP contribution in [-0.4, -0.2) is 17.0 Å². The van der Waals surface area contributed by atoms with Gasteiger partial charge >= 0.3 is 5.97 Å². The Morgan fingerprint density at radius 1 is 1.47 bits per heavy atom. The molecule has 1 unspecified atom stereocenters. The maximum atomic E-state index is 13.1. The predicted molar refractivity (Wildman–Crippen MR) is 59.8 cm³/mol. The Hall–Kier alpha value is -1.91. The van der Waals surface area contributed by atoms with Crippen molar-refractivity contribution in [3.05, 3.63) is 35.6 Å². The number of carbonyl (C=O) groups excluding carboxylic acids is 1. The van der Waals surface area contributed by atoms with Crippen molar-refractivity contribution in [3.63, 3.8) is 0 Å². The summed E-state index contributed by atoms with van der Waals surface area (Å²) in [6.07, 6.45) is 0.130. The van der Waals surface area contributed by atoms with E-state index in [2.05, 4.69) is 5.32 Å². The fourth-order valence-corrected chi connectivity index (χ4v) is 1.75. The number of carboxylic acid groups (broad SMARTS) is 1. The molecule has 0 aromatic heterocycles. The van der Waals surface area contributed by atoms with Gasteiger partial charge in [0.1, 0.15) is 5.82 Å². The Morgan fingerprint density at radius 2 is 2.12 bits per heavy atom. The first kappa shape index (κ1) is 13.2. The number of benzene rings is 1. The van der Waals surface area contributed by atoms with E-state index in [0.717, 1.165) is 6.07 Å². The maximum Gasteiger partial charge on any atom is 0.334 e. The van der Waals surface area contributed by atoms with Gasteiger partial charge in [-0.1, -0.05) is 19.1 Å². The van der Waals surface area contributed by atoms with E-state index in [-0.39, 0.29) is 12.0 Å². The molecule has 1 rings (SSSR count). The second-order valence-corrected chi connectivity index (χ2v) is 3.76. The molecule has 0 saturated carbocycles. The van der Waals surface area contributed by atoms with Crippen molar-refractivity contribution in [2.45, 2.75) is 25.8 Å². The van der Waals surface area contributed by atoms with Crippen LogP contribution in [0.25, 0.3) is 0 Å². The number of rotatable bonds is 4. The molecular formula is C12H14FNO3. The summed E-state index contributed by atoms with van der Waals surface area (Å²) in [4.78, 5) is 22.5. The highest BCUT2D eigenvalue weighted by atomic mass is 19.1. The molecule has 1 amide bonds. The normalized spacial score (nSPS) is 13.8. The monoisotopic (exact) mass is 239 g/mol. The van der Waals surface area contributed by atoms with Crippen LogP contribution in [0.4, 0.5) is 4.39 Å². The number of aliphatic carboxylic acids is 1. The molecule has 92 valence electrons. The third-order valence-corrected chi connectivity index (χ3v) is 2.60. The number of carbonyl (C=O) groups is 2. The minimum absolute atomic E-state index is 0.130. The molecule has 0 aliphatic carbocycles. The molecule has 2 N–H and O–H groups in total. The van der Waals surface area contributed by atoms with Gasteiger partial charge in [0, 0.05) is 6.92 Å². The van der Waals surface area contributed by atoms with Crippen molar-refractivity contribution in [2.75, 3.05) is 0 Å². The van der Waals surface area contributed by atoms with Gasteiger partial charge in [0.2, 0.25) is 5.91 Å². The SMILES string of the molecule is CCC(NC(C)=O)(C(=O)O)c1cccc(F)c1. The number of carboxylic acids is 1. The van der Waals surface area contributed by atoms with E-state index < -0.39 is 23.2 Å². The lowest BCUT2D eigenvalue weighted by Gasteiger charge is -2.29. The summed E-state index contributed by atoms with van der Waals surface area (Å²) in [5.41, 5.74) is -1.35. The molecule has 5 heteroatoms. The van der Waals surface area contributed by atoms with Crippen molar-refractivity contribution < 1.29 is 19.1 Å². The van der Waals surface area contributed by atoms with Crippen molar-refractivity contribution in [2.24, 2.45) is 0 Å². The molecule has 1 atom stereocenters. The van der Waals surface area contributed by atoms with Gasteiger partial charge in [0.05, 0.1) is 0 Å². The zero-order valence-corrected chi connectivity index (χ0v) is 9.66. The molecule has 0 radical (unpaired) electrons. The van der Waals surface area contributed by atoms with Crippen LogP contribution in [0, 0.1) is 5.82 Å². The molecule has 17 heavy (non-hydrogen) atoms. The number of halogens is 1. The van der Waals surface area contributed by atoms with Gasteiger partial charge in [0.15, 0.2) is 5.54 Å². The second-order valence-electron chi connectivity index (χ2n) is 3.76. The zero-order chi connectivity index (χ0) is 13.1. The van der Waals surface area contributed by atoms with Crippen LogP contribution in [0.5, 0.6) is 0 Å². The largest absolute Gasteiger partial charge is 0.479 e. The number of nitrogens with one attached hydrogen (secondary N) is 1. The number of hydrogen-bond acceptors (Lipinski definition) is 2. The minimum atomic E-state index is -1.58. The Labute approximate surface area is 98.5 Å². The number of amides is 1. The lowest BCUT2D eigenvalue weighted by molar-refractivity contribution is -0.148. The summed E-state index contributed by atoms with van der Waals surface area (Å²) >= 11 is 0. The van der Waals surface area contributed by atoms with E-state index in [1.807, 2.05) is 0 Å². The predicted octanol–water partition coefficient (Wildman–Crippen LogP) is 1.65. The van der Waals surface area contributed by atoms with Gasteiger partial charge in [-0.3, -0.25) is 4.79 Å². The molecule has 0 aliphatic heterocycles. The van der Waals surface area contributed by atoms with Crippen LogP contribution in [0.1, 0.15) is 25.8 Å². The van der Waals surface area contributed by atoms with Crippen LogP contribution in [-0.2, 0) is 15.1 Å². The molecule has 0 heterocycles. The Bertz CT molecular complexity index is 447. The average Bonchev–Trinajstić information content (AvgIpc) is 2.25. The van der Waals surface area contributed by atoms with Gasteiger partial charge in [-0.05, 0) is 24.1 Å². The average molecular weight is 239 g/mol. The van der Waals surface area contributed by atoms with Gasteiger partial charge < -0.3 is 10.4 Å². The highest BCUT2D eigenvalue weighted by Crippen LogP contribution is 2.26. The highest BCUT2D eigenvalue weighted by Gasteiger charge is 2.39. The first-order valence-corrected chi connectivity index (χ1v) is 5.20. The molecule has 0 saturated heterocycles. The smallest absolute Gasteiger partial charge is 0.334 e. The molecule has 0 aliphatic rings. The first-order chi connectivity index (χ1) is 7.92. The Balaban J connectivity index is 3.31. The second kappa shape index (κ2) is 4.95. The Kier molecular flexibility index (Phi) is 3.83. The van der Waals surface area contributed by atoms with Crippen LogP contribution in [0.2, 0.25) is 0 Å². The van der Waals surface area contributed by atoms with Crippen molar-refractivity contribution in [3.8, 4) is 0 Å². The zero-order valence-electron chi connectivity index (χ0n) is 9.66. The molecular weight excluding hydrogens is 225 g/mol. The van der Waals surface area contributed by atoms with E-state index in [9.17, 15) is 19.1 Å². The minimum Gasteiger partial charge on any atom is -0.479 e. The van der Waals surface area contributed by atoms with E-state index in [1.54, 1.807) is 6.92 Å². The summed E-state index contributed by atoms with van der Waals surface area (Å²) in [5.74, 6) is -2.22. The van der Waals surface area contributed by atoms with Crippen molar-refractivity contribution in [1.29, 1.82) is 0 Å². The Morgan fingerprint density at radius 3 is 2.53 bits per heavy atom. The molecule has 1 aromatic carbocycles. The van der Waals surface area contributed by atoms with Crippen LogP contribution < -0.4 is 5.32 Å². The topological polar surface area (TPSA) is 66.4 Å².